The Labute approximate surface area is 235 Å². The average Bonchev–Trinajstić information content (AvgIpc) is 2.86. The van der Waals surface area contributed by atoms with E-state index in [1.807, 2.05) is 24.3 Å². The van der Waals surface area contributed by atoms with Gasteiger partial charge in [0, 0.05) is 30.4 Å². The lowest BCUT2D eigenvalue weighted by Crippen LogP contribution is -2.48. The molecule has 1 saturated heterocycles. The first-order valence-electron chi connectivity index (χ1n) is 11.5. The Bertz CT molecular complexity index is 1340. The lowest BCUT2D eigenvalue weighted by Gasteiger charge is -2.38. The van der Waals surface area contributed by atoms with Gasteiger partial charge in [-0.1, -0.05) is 29.7 Å². The Hall–Kier alpha value is -2.78. The van der Waals surface area contributed by atoms with E-state index in [2.05, 4.69) is 52.2 Å². The Morgan fingerprint density at radius 3 is 2.51 bits per heavy atom. The van der Waals surface area contributed by atoms with E-state index in [0.717, 1.165) is 42.3 Å². The number of aliphatic hydroxyl groups excluding tert-OH is 1. The third kappa shape index (κ3) is 7.17. The number of nitrogens with zero attached hydrogens (tertiary/aromatic N) is 4. The third-order valence-electron chi connectivity index (χ3n) is 6.33. The van der Waals surface area contributed by atoms with Gasteiger partial charge < -0.3 is 15.2 Å². The molecule has 4 rings (SSSR count). The summed E-state index contributed by atoms with van der Waals surface area (Å²) in [7, 11) is 1.58. The van der Waals surface area contributed by atoms with Crippen molar-refractivity contribution in [2.75, 3.05) is 25.5 Å². The van der Waals surface area contributed by atoms with Crippen LogP contribution >= 0.6 is 36.4 Å². The molecule has 0 saturated carbocycles. The summed E-state index contributed by atoms with van der Waals surface area (Å²) in [5.41, 5.74) is 1.69. The lowest BCUT2D eigenvalue weighted by atomic mass is 9.97. The van der Waals surface area contributed by atoms with Crippen molar-refractivity contribution < 1.29 is 9.84 Å². The molecule has 0 atom stereocenters. The fourth-order valence-electron chi connectivity index (χ4n) is 4.17. The molecular formula is C27H30Cl3N5O2. The molecule has 7 nitrogen and oxygen atoms in total. The molecule has 0 radical (unpaired) electrons. The molecule has 0 spiro atoms. The number of methoxy groups -OCH3 is 1. The highest BCUT2D eigenvalue weighted by atomic mass is 35.5. The maximum atomic E-state index is 9.82. The number of aromatic nitrogens is 2. The smallest absolute Gasteiger partial charge is 0.156 e. The van der Waals surface area contributed by atoms with Crippen LogP contribution in [0, 0.1) is 23.2 Å². The van der Waals surface area contributed by atoms with E-state index in [0.29, 0.717) is 34.4 Å². The topological polar surface area (TPSA) is 94.3 Å². The summed E-state index contributed by atoms with van der Waals surface area (Å²) in [4.78, 5) is 2.28. The molecule has 1 aliphatic rings. The van der Waals surface area contributed by atoms with Gasteiger partial charge in [0.1, 0.15) is 11.4 Å². The molecule has 3 aromatic rings. The van der Waals surface area contributed by atoms with Crippen LogP contribution in [0.2, 0.25) is 5.02 Å². The third-order valence-corrected chi connectivity index (χ3v) is 6.62. The Morgan fingerprint density at radius 1 is 1.14 bits per heavy atom. The van der Waals surface area contributed by atoms with Gasteiger partial charge in [0.2, 0.25) is 0 Å². The van der Waals surface area contributed by atoms with Crippen LogP contribution in [0.15, 0.2) is 36.4 Å². The van der Waals surface area contributed by atoms with Gasteiger partial charge in [-0.05, 0) is 62.4 Å². The van der Waals surface area contributed by atoms with E-state index in [1.165, 1.54) is 0 Å². The molecular weight excluding hydrogens is 533 g/mol. The number of benzene rings is 2. The van der Waals surface area contributed by atoms with Crippen LogP contribution in [0.4, 0.5) is 5.82 Å². The monoisotopic (exact) mass is 561 g/mol. The predicted octanol–water partition coefficient (Wildman–Crippen LogP) is 5.21. The quantitative estimate of drug-likeness (QED) is 0.413. The highest BCUT2D eigenvalue weighted by molar-refractivity contribution is 6.32. The molecule has 0 amide bonds. The molecule has 0 aliphatic carbocycles. The highest BCUT2D eigenvalue weighted by Gasteiger charge is 2.28. The minimum absolute atomic E-state index is 0. The van der Waals surface area contributed by atoms with Crippen molar-refractivity contribution in [1.82, 2.24) is 15.1 Å². The standard InChI is InChI=1S/C27H28ClN5O2.2ClH/c1-27(2,33-12-9-20(34)10-13-33)11-8-24-21-6-4-18(16-29)14-22(21)26(32-31-24)30-17-19-5-7-25(35-3)23(28)15-19;;/h4-7,14-15,20,34H,9-10,12-13,17H2,1-3H3,(H,30,32);2*1H. The van der Waals surface area contributed by atoms with Gasteiger partial charge in [0.15, 0.2) is 5.82 Å². The number of fused-ring (bicyclic) bond motifs is 1. The maximum Gasteiger partial charge on any atom is 0.156 e. The number of likely N-dealkylation sites (tertiary alicyclic amines) is 1. The van der Waals surface area contributed by atoms with Gasteiger partial charge in [-0.25, -0.2) is 0 Å². The molecule has 1 fully saturated rings. The summed E-state index contributed by atoms with van der Waals surface area (Å²) in [5, 5.41) is 33.5. The van der Waals surface area contributed by atoms with Crippen LogP contribution in [0.5, 0.6) is 5.75 Å². The zero-order chi connectivity index (χ0) is 25.0. The van der Waals surface area contributed by atoms with Crippen LogP contribution in [0.25, 0.3) is 10.8 Å². The molecule has 2 heterocycles. The van der Waals surface area contributed by atoms with E-state index in [4.69, 9.17) is 16.3 Å². The van der Waals surface area contributed by atoms with Gasteiger partial charge in [-0.3, -0.25) is 4.90 Å². The number of nitriles is 1. The van der Waals surface area contributed by atoms with Gasteiger partial charge >= 0.3 is 0 Å². The van der Waals surface area contributed by atoms with Crippen molar-refractivity contribution in [3.05, 3.63) is 58.2 Å². The van der Waals surface area contributed by atoms with E-state index < -0.39 is 0 Å². The Kier molecular flexibility index (Phi) is 10.8. The molecule has 0 bridgehead atoms. The normalized spacial score (nSPS) is 13.9. The van der Waals surface area contributed by atoms with Gasteiger partial charge in [-0.2, -0.15) is 5.26 Å². The molecule has 10 heteroatoms. The van der Waals surface area contributed by atoms with E-state index in [1.54, 1.807) is 19.2 Å². The summed E-state index contributed by atoms with van der Waals surface area (Å²) in [6.45, 7) is 6.25. The number of ether oxygens (including phenoxy) is 1. The lowest BCUT2D eigenvalue weighted by molar-refractivity contribution is 0.0508. The van der Waals surface area contributed by atoms with Gasteiger partial charge in [0.25, 0.3) is 0 Å². The van der Waals surface area contributed by atoms with Crippen molar-refractivity contribution in [3.63, 3.8) is 0 Å². The molecule has 1 aliphatic heterocycles. The Morgan fingerprint density at radius 2 is 1.86 bits per heavy atom. The van der Waals surface area contributed by atoms with Crippen molar-refractivity contribution >= 4 is 53.0 Å². The molecule has 37 heavy (non-hydrogen) atoms. The van der Waals surface area contributed by atoms with Crippen LogP contribution in [-0.4, -0.2) is 52.0 Å². The van der Waals surface area contributed by atoms with Gasteiger partial charge in [0.05, 0.1) is 35.4 Å². The predicted molar refractivity (Wildman–Crippen MR) is 152 cm³/mol. The number of halogens is 3. The fourth-order valence-corrected chi connectivity index (χ4v) is 4.45. The SMILES string of the molecule is COc1ccc(CNc2nnc(C#CC(C)(C)N3CCC(O)CC3)c3ccc(C#N)cc23)cc1Cl.Cl.Cl. The van der Waals surface area contributed by atoms with Crippen molar-refractivity contribution in [3.8, 4) is 23.7 Å². The fraction of sp³-hybridized carbons (Fsp3) is 0.370. The summed E-state index contributed by atoms with van der Waals surface area (Å²) >= 11 is 6.25. The minimum Gasteiger partial charge on any atom is -0.495 e. The van der Waals surface area contributed by atoms with Crippen molar-refractivity contribution in [2.45, 2.75) is 44.9 Å². The minimum atomic E-state index is -0.370. The first kappa shape index (κ1) is 30.4. The summed E-state index contributed by atoms with van der Waals surface area (Å²) in [5.74, 6) is 7.77. The average molecular weight is 563 g/mol. The Balaban J connectivity index is 0.00000241. The number of nitrogens with one attached hydrogen (secondary N) is 1. The van der Waals surface area contributed by atoms with E-state index in [-0.39, 0.29) is 36.5 Å². The summed E-state index contributed by atoms with van der Waals surface area (Å²) < 4.78 is 5.22. The number of hydrogen-bond donors (Lipinski definition) is 2. The van der Waals surface area contributed by atoms with Crippen molar-refractivity contribution in [2.24, 2.45) is 0 Å². The molecule has 2 N–H and O–H groups in total. The number of hydrogen-bond acceptors (Lipinski definition) is 7. The van der Waals surface area contributed by atoms with E-state index in [9.17, 15) is 10.4 Å². The van der Waals surface area contributed by atoms with Crippen molar-refractivity contribution in [1.29, 1.82) is 5.26 Å². The molecule has 2 aromatic carbocycles. The second-order valence-electron chi connectivity index (χ2n) is 9.12. The number of piperidine rings is 1. The van der Waals surface area contributed by atoms with Crippen LogP contribution in [-0.2, 0) is 6.54 Å². The summed E-state index contributed by atoms with van der Waals surface area (Å²) in [6, 6.07) is 13.2. The first-order chi connectivity index (χ1) is 16.8. The molecule has 196 valence electrons. The maximum absolute atomic E-state index is 9.82. The van der Waals surface area contributed by atoms with E-state index >= 15 is 0 Å². The first-order valence-corrected chi connectivity index (χ1v) is 11.9. The molecule has 0 unspecified atom stereocenters. The van der Waals surface area contributed by atoms with Crippen LogP contribution < -0.4 is 10.1 Å². The summed E-state index contributed by atoms with van der Waals surface area (Å²) in [6.07, 6.45) is 1.28. The zero-order valence-corrected chi connectivity index (χ0v) is 23.3. The van der Waals surface area contributed by atoms with Gasteiger partial charge in [-0.15, -0.1) is 35.0 Å². The number of rotatable bonds is 5. The zero-order valence-electron chi connectivity index (χ0n) is 20.9. The largest absolute Gasteiger partial charge is 0.495 e. The second kappa shape index (κ2) is 13.1. The number of aliphatic hydroxyl groups is 1. The molecule has 1 aromatic heterocycles. The second-order valence-corrected chi connectivity index (χ2v) is 9.53. The van der Waals surface area contributed by atoms with Crippen LogP contribution in [0.1, 0.15) is 43.5 Å². The number of anilines is 1. The highest BCUT2D eigenvalue weighted by Crippen LogP contribution is 2.28. The van der Waals surface area contributed by atoms with Crippen LogP contribution in [0.3, 0.4) is 0 Å².